The average molecular weight is 510 g/mol. The van der Waals surface area contributed by atoms with Crippen molar-refractivity contribution in [2.24, 2.45) is 7.05 Å². The van der Waals surface area contributed by atoms with Crippen LogP contribution in [0.15, 0.2) is 66.2 Å². The van der Waals surface area contributed by atoms with Crippen molar-refractivity contribution in [1.82, 2.24) is 19.7 Å². The molecule has 0 radical (unpaired) electrons. The Balaban J connectivity index is 1.40. The van der Waals surface area contributed by atoms with Crippen LogP contribution in [0.3, 0.4) is 0 Å². The predicted molar refractivity (Wildman–Crippen MR) is 134 cm³/mol. The van der Waals surface area contributed by atoms with Crippen molar-refractivity contribution in [1.29, 1.82) is 0 Å². The molecule has 0 spiro atoms. The van der Waals surface area contributed by atoms with E-state index in [2.05, 4.69) is 25.7 Å². The number of nitrogens with two attached hydrogens (primary N) is 1. The highest BCUT2D eigenvalue weighted by Gasteiger charge is 2.30. The molecule has 0 atom stereocenters. The average Bonchev–Trinajstić information content (AvgIpc) is 3.47. The van der Waals surface area contributed by atoms with Gasteiger partial charge in [0.1, 0.15) is 10.7 Å². The highest BCUT2D eigenvalue weighted by atomic mass is 32.1. The molecule has 0 aliphatic rings. The fraction of sp³-hybridized carbons (Fsp3) is 0.0833. The highest BCUT2D eigenvalue weighted by Crippen LogP contribution is 2.36. The lowest BCUT2D eigenvalue weighted by Crippen LogP contribution is -2.19. The minimum Gasteiger partial charge on any atom is -0.382 e. The van der Waals surface area contributed by atoms with E-state index in [0.29, 0.717) is 28.2 Å². The number of thiazole rings is 1. The Morgan fingerprint density at radius 2 is 1.81 bits per heavy atom. The highest BCUT2D eigenvalue weighted by molar-refractivity contribution is 7.13. The monoisotopic (exact) mass is 509 g/mol. The topological polar surface area (TPSA) is 111 Å². The van der Waals surface area contributed by atoms with Gasteiger partial charge in [-0.15, -0.1) is 11.3 Å². The van der Waals surface area contributed by atoms with E-state index >= 15 is 0 Å². The summed E-state index contributed by atoms with van der Waals surface area (Å²) in [5, 5.41) is 12.6. The van der Waals surface area contributed by atoms with Gasteiger partial charge in [-0.2, -0.15) is 18.3 Å². The van der Waals surface area contributed by atoms with Crippen LogP contribution in [0.4, 0.5) is 35.2 Å². The Labute approximate surface area is 206 Å². The van der Waals surface area contributed by atoms with Crippen molar-refractivity contribution < 1.29 is 18.0 Å². The first-order valence-corrected chi connectivity index (χ1v) is 11.5. The van der Waals surface area contributed by atoms with Crippen LogP contribution >= 0.6 is 11.3 Å². The molecule has 2 aromatic carbocycles. The summed E-state index contributed by atoms with van der Waals surface area (Å²) in [5.41, 5.74) is 8.70. The molecule has 36 heavy (non-hydrogen) atoms. The van der Waals surface area contributed by atoms with Gasteiger partial charge in [0.05, 0.1) is 10.9 Å². The molecule has 0 unspecified atom stereocenters. The molecule has 12 heteroatoms. The number of nitrogens with zero attached hydrogens (tertiary/aromatic N) is 4. The number of aromatic nitrogens is 4. The number of aryl methyl sites for hydroxylation is 1. The Hall–Kier alpha value is -4.45. The van der Waals surface area contributed by atoms with Crippen LogP contribution in [-0.4, -0.2) is 25.8 Å². The van der Waals surface area contributed by atoms with E-state index in [9.17, 15) is 18.0 Å². The summed E-state index contributed by atoms with van der Waals surface area (Å²) in [6.45, 7) is 0. The van der Waals surface area contributed by atoms with E-state index in [0.717, 1.165) is 28.3 Å². The number of carbonyl (C=O) groups excluding carboxylic acids is 1. The van der Waals surface area contributed by atoms with Crippen molar-refractivity contribution in [2.45, 2.75) is 6.18 Å². The Bertz CT molecular complexity index is 1560. The van der Waals surface area contributed by atoms with Crippen LogP contribution in [0.25, 0.3) is 32.9 Å². The summed E-state index contributed by atoms with van der Waals surface area (Å²) in [7, 11) is 1.76. The van der Waals surface area contributed by atoms with Gasteiger partial charge in [-0.3, -0.25) is 0 Å². The van der Waals surface area contributed by atoms with E-state index in [1.54, 1.807) is 42.2 Å². The van der Waals surface area contributed by atoms with Gasteiger partial charge in [0, 0.05) is 30.0 Å². The quantitative estimate of drug-likeness (QED) is 0.275. The van der Waals surface area contributed by atoms with Crippen molar-refractivity contribution in [3.63, 3.8) is 0 Å². The molecule has 3 aromatic heterocycles. The molecule has 0 aliphatic carbocycles. The number of anilines is 3. The minimum absolute atomic E-state index is 0.0277. The number of benzene rings is 2. The first kappa shape index (κ1) is 23.3. The summed E-state index contributed by atoms with van der Waals surface area (Å²) in [6, 6.07) is 12.6. The third-order valence-electron chi connectivity index (χ3n) is 5.37. The molecular formula is C24H18F3N7OS. The van der Waals surface area contributed by atoms with Crippen molar-refractivity contribution in [2.75, 3.05) is 16.4 Å². The van der Waals surface area contributed by atoms with Gasteiger partial charge in [-0.25, -0.2) is 19.4 Å². The summed E-state index contributed by atoms with van der Waals surface area (Å²) in [6.07, 6.45) is -2.80. The second-order valence-electron chi connectivity index (χ2n) is 7.83. The maximum absolute atomic E-state index is 12.9. The Morgan fingerprint density at radius 3 is 2.50 bits per heavy atom. The number of urea groups is 1. The molecule has 5 aromatic rings. The first-order valence-electron chi connectivity index (χ1n) is 10.6. The molecule has 4 N–H and O–H groups in total. The molecule has 0 fully saturated rings. The predicted octanol–water partition coefficient (Wildman–Crippen LogP) is 6.00. The molecule has 2 amide bonds. The van der Waals surface area contributed by atoms with Crippen molar-refractivity contribution in [3.8, 4) is 21.8 Å². The Morgan fingerprint density at radius 1 is 1.06 bits per heavy atom. The minimum atomic E-state index is -4.50. The Kier molecular flexibility index (Phi) is 5.80. The number of fused-ring (bicyclic) bond motifs is 1. The molecule has 3 heterocycles. The van der Waals surface area contributed by atoms with Gasteiger partial charge in [0.25, 0.3) is 0 Å². The number of nitrogens with one attached hydrogen (secondary N) is 2. The molecule has 0 bridgehead atoms. The number of halogens is 3. The van der Waals surface area contributed by atoms with E-state index in [1.807, 2.05) is 11.4 Å². The van der Waals surface area contributed by atoms with Gasteiger partial charge < -0.3 is 16.4 Å². The van der Waals surface area contributed by atoms with E-state index < -0.39 is 17.8 Å². The summed E-state index contributed by atoms with van der Waals surface area (Å²) < 4.78 is 40.3. The van der Waals surface area contributed by atoms with Crippen LogP contribution in [-0.2, 0) is 13.2 Å². The molecule has 0 saturated heterocycles. The first-order chi connectivity index (χ1) is 17.2. The fourth-order valence-corrected chi connectivity index (χ4v) is 4.36. The number of carbonyl (C=O) groups is 1. The van der Waals surface area contributed by atoms with Gasteiger partial charge in [-0.1, -0.05) is 18.2 Å². The number of hydrogen-bond acceptors (Lipinski definition) is 6. The van der Waals surface area contributed by atoms with Gasteiger partial charge in [-0.05, 0) is 47.5 Å². The van der Waals surface area contributed by atoms with Gasteiger partial charge in [0.2, 0.25) is 0 Å². The number of amides is 2. The van der Waals surface area contributed by atoms with Crippen molar-refractivity contribution in [3.05, 3.63) is 71.7 Å². The third-order valence-corrected chi connectivity index (χ3v) is 6.17. The zero-order valence-electron chi connectivity index (χ0n) is 18.7. The van der Waals surface area contributed by atoms with Crippen LogP contribution < -0.4 is 16.4 Å². The van der Waals surface area contributed by atoms with Gasteiger partial charge >= 0.3 is 12.2 Å². The van der Waals surface area contributed by atoms with Crippen LogP contribution in [0, 0.1) is 0 Å². The van der Waals surface area contributed by atoms with Gasteiger partial charge in [0.15, 0.2) is 11.5 Å². The SMILES string of the molecule is Cn1nc(N)c2c(-c3ccc(NC(=O)Nc4cccc(C(F)(F)F)c4)cc3)cc(-c3nccs3)nc21. The smallest absolute Gasteiger partial charge is 0.382 e. The molecular weight excluding hydrogens is 491 g/mol. The zero-order valence-corrected chi connectivity index (χ0v) is 19.5. The fourth-order valence-electron chi connectivity index (χ4n) is 3.76. The lowest BCUT2D eigenvalue weighted by molar-refractivity contribution is -0.137. The van der Waals surface area contributed by atoms with E-state index in [1.165, 1.54) is 23.5 Å². The lowest BCUT2D eigenvalue weighted by atomic mass is 10.0. The number of hydrogen-bond donors (Lipinski definition) is 3. The standard InChI is InChI=1S/C24H18F3N7OS/c1-34-21-19(20(28)33-34)17(12-18(32-21)22-29-9-10-36-22)13-5-7-15(8-6-13)30-23(35)31-16-4-2-3-14(11-16)24(25,26)27/h2-12H,1H3,(H2,28,33)(H2,30,31,35). The molecule has 0 saturated carbocycles. The number of alkyl halides is 3. The summed E-state index contributed by atoms with van der Waals surface area (Å²) >= 11 is 1.46. The largest absolute Gasteiger partial charge is 0.416 e. The number of pyridine rings is 1. The molecule has 0 aliphatic heterocycles. The van der Waals surface area contributed by atoms with Crippen LogP contribution in [0.1, 0.15) is 5.56 Å². The number of rotatable bonds is 4. The van der Waals surface area contributed by atoms with Crippen LogP contribution in [0.2, 0.25) is 0 Å². The van der Waals surface area contributed by atoms with Crippen LogP contribution in [0.5, 0.6) is 0 Å². The lowest BCUT2D eigenvalue weighted by Gasteiger charge is -2.11. The normalized spacial score (nSPS) is 11.6. The van der Waals surface area contributed by atoms with E-state index in [4.69, 9.17) is 5.73 Å². The summed E-state index contributed by atoms with van der Waals surface area (Å²) in [5.74, 6) is 0.336. The second-order valence-corrected chi connectivity index (χ2v) is 8.73. The second kappa shape index (κ2) is 8.96. The third kappa shape index (κ3) is 4.58. The zero-order chi connectivity index (χ0) is 25.4. The van der Waals surface area contributed by atoms with Crippen molar-refractivity contribution >= 4 is 45.6 Å². The maximum atomic E-state index is 12.9. The van der Waals surface area contributed by atoms with E-state index in [-0.39, 0.29) is 5.69 Å². The number of nitrogen functional groups attached to an aromatic ring is 1. The molecule has 8 nitrogen and oxygen atoms in total. The maximum Gasteiger partial charge on any atom is 0.416 e. The summed E-state index contributed by atoms with van der Waals surface area (Å²) in [4.78, 5) is 21.4. The molecule has 5 rings (SSSR count). The molecule has 182 valence electrons.